The van der Waals surface area contributed by atoms with E-state index >= 15 is 0 Å². The van der Waals surface area contributed by atoms with E-state index < -0.39 is 46.1 Å². The van der Waals surface area contributed by atoms with Crippen molar-refractivity contribution in [1.82, 2.24) is 14.2 Å². The molecule has 13 heteroatoms. The summed E-state index contributed by atoms with van der Waals surface area (Å²) in [6, 6.07) is 9.93. The first kappa shape index (κ1) is 28.1. The molecule has 2 atom stereocenters. The number of rotatable bonds is 7. The van der Waals surface area contributed by atoms with E-state index in [1.54, 1.807) is 22.0 Å². The molecule has 2 aliphatic heterocycles. The number of amidine groups is 1. The van der Waals surface area contributed by atoms with Crippen molar-refractivity contribution in [3.8, 4) is 0 Å². The van der Waals surface area contributed by atoms with Gasteiger partial charge in [-0.15, -0.1) is 0 Å². The number of aromatic nitrogens is 1. The number of nitrogens with zero attached hydrogens (tertiary/aromatic N) is 3. The van der Waals surface area contributed by atoms with Gasteiger partial charge in [-0.05, 0) is 54.8 Å². The van der Waals surface area contributed by atoms with Gasteiger partial charge in [0.2, 0.25) is 0 Å². The van der Waals surface area contributed by atoms with E-state index in [4.69, 9.17) is 5.11 Å². The second kappa shape index (κ2) is 10.9. The van der Waals surface area contributed by atoms with Gasteiger partial charge in [-0.2, -0.15) is 13.2 Å². The molecule has 0 aliphatic carbocycles. The number of hydrogen-bond donors (Lipinski definition) is 3. The highest BCUT2D eigenvalue weighted by Gasteiger charge is 2.47. The smallest absolute Gasteiger partial charge is 0.394 e. The summed E-state index contributed by atoms with van der Waals surface area (Å²) in [5, 5.41) is 23.9. The molecule has 212 valence electrons. The number of halogens is 4. The molecule has 0 saturated carbocycles. The molecule has 1 fully saturated rings. The number of alkyl halides is 3. The van der Waals surface area contributed by atoms with Gasteiger partial charge in [0, 0.05) is 41.2 Å². The van der Waals surface area contributed by atoms with Gasteiger partial charge >= 0.3 is 6.18 Å². The van der Waals surface area contributed by atoms with Gasteiger partial charge < -0.3 is 20.1 Å². The number of carbonyl (C=O) groups is 1. The molecule has 5 rings (SSSR count). The highest BCUT2D eigenvalue weighted by molar-refractivity contribution is 7.85. The zero-order valence-electron chi connectivity index (χ0n) is 21.1. The molecule has 1 unspecified atom stereocenters. The molecule has 1 amide bonds. The zero-order valence-corrected chi connectivity index (χ0v) is 21.9. The normalized spacial score (nSPS) is 19.4. The summed E-state index contributed by atoms with van der Waals surface area (Å²) in [4.78, 5) is 17.2. The van der Waals surface area contributed by atoms with Gasteiger partial charge in [-0.1, -0.05) is 12.1 Å². The Balaban J connectivity index is 1.27. The van der Waals surface area contributed by atoms with E-state index in [1.807, 2.05) is 28.8 Å². The van der Waals surface area contributed by atoms with Crippen LogP contribution in [0.4, 0.5) is 17.6 Å². The van der Waals surface area contributed by atoms with E-state index in [9.17, 15) is 31.7 Å². The van der Waals surface area contributed by atoms with Crippen LogP contribution < -0.4 is 5.32 Å². The molecule has 1 saturated heterocycles. The number of piperidine rings is 1. The number of fused-ring (bicyclic) bond motifs is 1. The summed E-state index contributed by atoms with van der Waals surface area (Å²) in [7, 11) is -1.52. The molecule has 8 nitrogen and oxygen atoms in total. The number of aliphatic hydroxyl groups is 2. The summed E-state index contributed by atoms with van der Waals surface area (Å²) in [5.41, 5.74) is -1.000. The molecule has 40 heavy (non-hydrogen) atoms. The summed E-state index contributed by atoms with van der Waals surface area (Å²) >= 11 is 0. The summed E-state index contributed by atoms with van der Waals surface area (Å²) in [6.07, 6.45) is -1.82. The van der Waals surface area contributed by atoms with Gasteiger partial charge in [0.1, 0.15) is 28.2 Å². The molecule has 1 spiro atoms. The maximum absolute atomic E-state index is 13.7. The van der Waals surface area contributed by atoms with Crippen LogP contribution in [0.3, 0.4) is 0 Å². The highest BCUT2D eigenvalue weighted by atomic mass is 32.2. The van der Waals surface area contributed by atoms with E-state index in [2.05, 4.69) is 10.3 Å². The third-order valence-corrected chi connectivity index (χ3v) is 8.40. The van der Waals surface area contributed by atoms with Crippen molar-refractivity contribution < 1.29 is 36.8 Å². The van der Waals surface area contributed by atoms with Crippen LogP contribution >= 0.6 is 0 Å². The van der Waals surface area contributed by atoms with Gasteiger partial charge in [-0.25, -0.2) is 12.9 Å². The SMILES string of the molecule is O=C1NC(c2ccc(F)c(C(F)(F)F)c2)=NC12CCN(S(=O)/C=C/c1cccc3c1ccn3C[C@H](O)CO)CC2. The van der Waals surface area contributed by atoms with Crippen molar-refractivity contribution in [2.24, 2.45) is 4.99 Å². The third kappa shape index (κ3) is 5.46. The van der Waals surface area contributed by atoms with Gasteiger partial charge in [0.05, 0.1) is 24.8 Å². The molecule has 3 N–H and O–H groups in total. The van der Waals surface area contributed by atoms with Crippen LogP contribution in [-0.2, 0) is 28.5 Å². The molecule has 2 aliphatic rings. The quantitative estimate of drug-likeness (QED) is 0.375. The van der Waals surface area contributed by atoms with Gasteiger partial charge in [0.25, 0.3) is 5.91 Å². The maximum atomic E-state index is 13.7. The van der Waals surface area contributed by atoms with Crippen molar-refractivity contribution in [2.75, 3.05) is 19.7 Å². The molecular formula is C27H26F4N4O4S. The molecule has 0 radical (unpaired) electrons. The van der Waals surface area contributed by atoms with E-state index in [1.165, 1.54) is 0 Å². The first-order valence-corrected chi connectivity index (χ1v) is 13.7. The van der Waals surface area contributed by atoms with Crippen LogP contribution in [0.15, 0.2) is 59.1 Å². The third-order valence-electron chi connectivity index (χ3n) is 7.16. The van der Waals surface area contributed by atoms with E-state index in [0.29, 0.717) is 12.1 Å². The second-order valence-corrected chi connectivity index (χ2v) is 11.1. The lowest BCUT2D eigenvalue weighted by Gasteiger charge is -2.33. The molecular weight excluding hydrogens is 552 g/mol. The molecule has 3 aromatic rings. The predicted molar refractivity (Wildman–Crippen MR) is 142 cm³/mol. The molecule has 0 bridgehead atoms. The lowest BCUT2D eigenvalue weighted by Crippen LogP contribution is -2.49. The van der Waals surface area contributed by atoms with Crippen molar-refractivity contribution in [3.05, 3.63) is 76.6 Å². The Kier molecular flexibility index (Phi) is 7.66. The van der Waals surface area contributed by atoms with Crippen molar-refractivity contribution in [3.63, 3.8) is 0 Å². The minimum absolute atomic E-state index is 0.0400. The average Bonchev–Trinajstić information content (AvgIpc) is 3.48. The molecule has 2 aromatic carbocycles. The van der Waals surface area contributed by atoms with Gasteiger partial charge in [0.15, 0.2) is 0 Å². The Morgan fingerprint density at radius 1 is 1.18 bits per heavy atom. The lowest BCUT2D eigenvalue weighted by atomic mass is 9.89. The summed E-state index contributed by atoms with van der Waals surface area (Å²) in [6.45, 7) is 0.405. The van der Waals surface area contributed by atoms with Crippen LogP contribution in [0, 0.1) is 5.82 Å². The van der Waals surface area contributed by atoms with Crippen LogP contribution in [0.2, 0.25) is 0 Å². The van der Waals surface area contributed by atoms with E-state index in [0.717, 1.165) is 22.5 Å². The minimum Gasteiger partial charge on any atom is -0.394 e. The van der Waals surface area contributed by atoms with Crippen molar-refractivity contribution in [2.45, 2.75) is 37.2 Å². The number of nitrogens with one attached hydrogen (secondary N) is 1. The molecule has 1 aromatic heterocycles. The monoisotopic (exact) mass is 578 g/mol. The Morgan fingerprint density at radius 3 is 2.62 bits per heavy atom. The Hall–Kier alpha value is -3.39. The fraction of sp³-hybridized carbons (Fsp3) is 0.333. The Morgan fingerprint density at radius 2 is 1.93 bits per heavy atom. The zero-order chi connectivity index (χ0) is 28.7. The van der Waals surface area contributed by atoms with Crippen molar-refractivity contribution in [1.29, 1.82) is 0 Å². The number of aliphatic hydroxyl groups excluding tert-OH is 2. The van der Waals surface area contributed by atoms with E-state index in [-0.39, 0.29) is 50.5 Å². The fourth-order valence-corrected chi connectivity index (χ4v) is 5.95. The number of benzene rings is 2. The highest BCUT2D eigenvalue weighted by Crippen LogP contribution is 2.35. The number of aliphatic imine (C=N–C) groups is 1. The number of hydrogen-bond acceptors (Lipinski definition) is 5. The predicted octanol–water partition coefficient (Wildman–Crippen LogP) is 3.20. The average molecular weight is 579 g/mol. The van der Waals surface area contributed by atoms with Crippen LogP contribution in [0.1, 0.15) is 29.5 Å². The summed E-state index contributed by atoms with van der Waals surface area (Å²) in [5.74, 6) is -1.91. The van der Waals surface area contributed by atoms with Crippen LogP contribution in [-0.4, -0.2) is 66.4 Å². The van der Waals surface area contributed by atoms with Crippen LogP contribution in [0.25, 0.3) is 17.0 Å². The maximum Gasteiger partial charge on any atom is 0.419 e. The Labute approximate surface area is 229 Å². The largest absolute Gasteiger partial charge is 0.419 e. The first-order chi connectivity index (χ1) is 19.0. The number of carbonyl (C=O) groups excluding carboxylic acids is 1. The lowest BCUT2D eigenvalue weighted by molar-refractivity contribution is -0.140. The second-order valence-electron chi connectivity index (χ2n) is 9.73. The standard InChI is InChI=1S/C27H26F4N4O4S/c28-22-5-4-18(14-21(22)27(29,30)31)24-32-25(38)26(33-24)8-11-35(12-9-26)40(39)13-7-17-2-1-3-23-20(17)6-10-34(23)15-19(37)16-36/h1-7,10,13-14,19,36-37H,8-9,11-12,15-16H2,(H,32,33,38)/b13-7+/t19-,40?/m0/s1. The van der Waals surface area contributed by atoms with Gasteiger partial charge in [-0.3, -0.25) is 9.79 Å². The van der Waals surface area contributed by atoms with Crippen LogP contribution in [0.5, 0.6) is 0 Å². The molecule has 3 heterocycles. The fourth-order valence-electron chi connectivity index (χ4n) is 4.97. The first-order valence-electron chi connectivity index (χ1n) is 12.5. The number of amides is 1. The Bertz CT molecular complexity index is 1530. The van der Waals surface area contributed by atoms with Crippen molar-refractivity contribution >= 4 is 39.7 Å². The summed E-state index contributed by atoms with van der Waals surface area (Å²) < 4.78 is 69.7. The minimum atomic E-state index is -4.89. The topological polar surface area (TPSA) is 107 Å².